The number of hydrogen-bond donors (Lipinski definition) is 3. The van der Waals surface area contributed by atoms with Gasteiger partial charge in [0.15, 0.2) is 33.0 Å². The number of anilines is 2. The van der Waals surface area contributed by atoms with Crippen LogP contribution in [-0.4, -0.2) is 55.7 Å². The highest BCUT2D eigenvalue weighted by molar-refractivity contribution is 6.59. The standard InChI is InChI=1S/C32H19BCl3F5N2O7/c34-18-9-13(44)4-5-15(18)20-14-6-7-16-19(28(46)42(27(16)45)12-3-1-2-11(8-12)33(49)50)17(14)10-31(35)29(47)43(30(48)32(20,31)36)26-24(40)22(38)21(37)23(39)25(26)41/h1-6,8-9,16-17,19-20,44,49-50H,7,10H2. The molecule has 3 N–H and O–H groups in total. The zero-order valence-electron chi connectivity index (χ0n) is 24.8. The number of aromatic hydroxyl groups is 1. The number of phenolic OH excluding ortho intramolecular Hbond substituents is 1. The number of nitrogens with zero attached hydrogens (tertiary/aromatic N) is 2. The number of alkyl halides is 2. The van der Waals surface area contributed by atoms with Gasteiger partial charge >= 0.3 is 7.12 Å². The summed E-state index contributed by atoms with van der Waals surface area (Å²) in [4.78, 5) is 51.5. The van der Waals surface area contributed by atoms with E-state index in [0.29, 0.717) is 0 Å². The predicted molar refractivity (Wildman–Crippen MR) is 168 cm³/mol. The molecule has 7 rings (SSSR count). The summed E-state index contributed by atoms with van der Waals surface area (Å²) in [6, 6.07) is 8.73. The molecule has 6 atom stereocenters. The number of fused-ring (bicyclic) bond motifs is 4. The van der Waals surface area contributed by atoms with Crippen LogP contribution in [0.4, 0.5) is 33.3 Å². The van der Waals surface area contributed by atoms with Gasteiger partial charge < -0.3 is 15.2 Å². The molecule has 1 saturated carbocycles. The summed E-state index contributed by atoms with van der Waals surface area (Å²) in [5, 5.41) is 29.2. The van der Waals surface area contributed by atoms with Crippen LogP contribution in [0.2, 0.25) is 5.02 Å². The maximum atomic E-state index is 15.2. The van der Waals surface area contributed by atoms with Gasteiger partial charge in [0.1, 0.15) is 11.4 Å². The predicted octanol–water partition coefficient (Wildman–Crippen LogP) is 4.19. The number of halogens is 8. The fourth-order valence-electron chi connectivity index (χ4n) is 7.74. The first-order valence-electron chi connectivity index (χ1n) is 14.8. The highest BCUT2D eigenvalue weighted by Crippen LogP contribution is 2.66. The minimum absolute atomic E-state index is 0.00706. The monoisotopic (exact) mass is 754 g/mol. The van der Waals surface area contributed by atoms with Gasteiger partial charge in [0, 0.05) is 10.9 Å². The number of carbonyl (C=O) groups excluding carboxylic acids is 4. The quantitative estimate of drug-likeness (QED) is 0.0692. The van der Waals surface area contributed by atoms with Crippen molar-refractivity contribution in [3.63, 3.8) is 0 Å². The van der Waals surface area contributed by atoms with Gasteiger partial charge in [-0.05, 0) is 54.1 Å². The summed E-state index contributed by atoms with van der Waals surface area (Å²) < 4.78 is 73.1. The van der Waals surface area contributed by atoms with Gasteiger partial charge in [0.25, 0.3) is 11.8 Å². The van der Waals surface area contributed by atoms with Crippen molar-refractivity contribution in [2.75, 3.05) is 9.80 Å². The van der Waals surface area contributed by atoms with Crippen molar-refractivity contribution >= 4 is 82.4 Å². The molecule has 4 amide bonds. The number of carbonyl (C=O) groups is 4. The normalized spacial score (nSPS) is 28.9. The van der Waals surface area contributed by atoms with Crippen molar-refractivity contribution in [2.24, 2.45) is 17.8 Å². The Morgan fingerprint density at radius 1 is 0.800 bits per heavy atom. The van der Waals surface area contributed by atoms with E-state index >= 15 is 8.78 Å². The molecule has 0 bridgehead atoms. The van der Waals surface area contributed by atoms with E-state index in [0.717, 1.165) is 17.0 Å². The van der Waals surface area contributed by atoms with E-state index in [2.05, 4.69) is 0 Å². The lowest BCUT2D eigenvalue weighted by Crippen LogP contribution is -2.60. The molecule has 2 saturated heterocycles. The molecule has 2 heterocycles. The topological polar surface area (TPSA) is 135 Å². The third kappa shape index (κ3) is 4.39. The zero-order valence-corrected chi connectivity index (χ0v) is 27.1. The van der Waals surface area contributed by atoms with Crippen LogP contribution in [0.15, 0.2) is 54.1 Å². The molecule has 3 fully saturated rings. The van der Waals surface area contributed by atoms with Crippen LogP contribution >= 0.6 is 34.8 Å². The van der Waals surface area contributed by atoms with Crippen LogP contribution in [0.5, 0.6) is 5.75 Å². The first-order valence-corrected chi connectivity index (χ1v) is 15.9. The molecule has 9 nitrogen and oxygen atoms in total. The molecule has 0 aromatic heterocycles. The summed E-state index contributed by atoms with van der Waals surface area (Å²) >= 11 is 20.6. The smallest absolute Gasteiger partial charge is 0.488 e. The Hall–Kier alpha value is -4.02. The van der Waals surface area contributed by atoms with Crippen LogP contribution in [0.1, 0.15) is 24.3 Å². The number of allylic oxidation sites excluding steroid dienone is 2. The molecule has 3 aromatic carbocycles. The van der Waals surface area contributed by atoms with Gasteiger partial charge in [-0.3, -0.25) is 24.1 Å². The minimum atomic E-state index is -2.78. The largest absolute Gasteiger partial charge is 0.508 e. The van der Waals surface area contributed by atoms with E-state index in [1.807, 2.05) is 0 Å². The Morgan fingerprint density at radius 2 is 1.44 bits per heavy atom. The molecule has 3 aromatic rings. The van der Waals surface area contributed by atoms with E-state index in [9.17, 15) is 47.5 Å². The average molecular weight is 756 g/mol. The number of imide groups is 2. The first-order chi connectivity index (χ1) is 23.5. The molecule has 18 heteroatoms. The maximum Gasteiger partial charge on any atom is 0.488 e. The lowest BCUT2D eigenvalue weighted by Gasteiger charge is -2.50. The third-order valence-corrected chi connectivity index (χ3v) is 11.7. The molecule has 6 unspecified atom stereocenters. The molecule has 4 aliphatic rings. The second-order valence-electron chi connectivity index (χ2n) is 12.4. The first kappa shape index (κ1) is 34.4. The van der Waals surface area contributed by atoms with Crippen molar-refractivity contribution in [1.82, 2.24) is 0 Å². The Bertz CT molecular complexity index is 2090. The molecular formula is C32H19BCl3F5N2O7. The molecule has 258 valence electrons. The fraction of sp³-hybridized carbons (Fsp3) is 0.250. The Morgan fingerprint density at radius 3 is 2.06 bits per heavy atom. The highest BCUT2D eigenvalue weighted by Gasteiger charge is 2.77. The molecule has 2 aliphatic heterocycles. The third-order valence-electron chi connectivity index (χ3n) is 9.94. The van der Waals surface area contributed by atoms with Crippen molar-refractivity contribution < 1.29 is 56.3 Å². The Labute approximate surface area is 293 Å². The van der Waals surface area contributed by atoms with E-state index in [1.165, 1.54) is 36.4 Å². The molecule has 0 spiro atoms. The van der Waals surface area contributed by atoms with Crippen LogP contribution in [0.3, 0.4) is 0 Å². The molecule has 2 aliphatic carbocycles. The van der Waals surface area contributed by atoms with Crippen LogP contribution < -0.4 is 15.3 Å². The van der Waals surface area contributed by atoms with Gasteiger partial charge in [0.05, 0.1) is 17.5 Å². The van der Waals surface area contributed by atoms with E-state index < -0.39 is 105 Å². The second-order valence-corrected chi connectivity index (χ2v) is 14.0. The average Bonchev–Trinajstić information content (AvgIpc) is 3.41. The molecule has 50 heavy (non-hydrogen) atoms. The van der Waals surface area contributed by atoms with Gasteiger partial charge in [-0.25, -0.2) is 26.9 Å². The number of rotatable bonds is 4. The van der Waals surface area contributed by atoms with Crippen molar-refractivity contribution in [1.29, 1.82) is 0 Å². The summed E-state index contributed by atoms with van der Waals surface area (Å²) in [6.07, 6.45) is 0.634. The van der Waals surface area contributed by atoms with Gasteiger partial charge in [-0.15, -0.1) is 23.2 Å². The minimum Gasteiger partial charge on any atom is -0.508 e. The van der Waals surface area contributed by atoms with Crippen molar-refractivity contribution in [3.05, 3.63) is 93.8 Å². The summed E-state index contributed by atoms with van der Waals surface area (Å²) in [7, 11) is -1.94. The molecule has 0 radical (unpaired) electrons. The Balaban J connectivity index is 1.42. The number of hydrogen-bond acceptors (Lipinski definition) is 7. The lowest BCUT2D eigenvalue weighted by atomic mass is 9.56. The molecular weight excluding hydrogens is 737 g/mol. The van der Waals surface area contributed by atoms with E-state index in [-0.39, 0.29) is 44.4 Å². The van der Waals surface area contributed by atoms with E-state index in [1.54, 1.807) is 0 Å². The van der Waals surface area contributed by atoms with Crippen LogP contribution in [0.25, 0.3) is 0 Å². The van der Waals surface area contributed by atoms with Gasteiger partial charge in [-0.1, -0.05) is 41.4 Å². The summed E-state index contributed by atoms with van der Waals surface area (Å²) in [6.45, 7) is 0. The summed E-state index contributed by atoms with van der Waals surface area (Å²) in [5.74, 6) is -22.8. The number of amides is 4. The lowest BCUT2D eigenvalue weighted by molar-refractivity contribution is -0.125. The van der Waals surface area contributed by atoms with Crippen molar-refractivity contribution in [2.45, 2.75) is 28.5 Å². The van der Waals surface area contributed by atoms with Gasteiger partial charge in [-0.2, -0.15) is 0 Å². The highest BCUT2D eigenvalue weighted by atomic mass is 35.5. The van der Waals surface area contributed by atoms with Gasteiger partial charge in [0.2, 0.25) is 17.6 Å². The Kier molecular flexibility index (Phi) is 7.92. The van der Waals surface area contributed by atoms with Crippen molar-refractivity contribution in [3.8, 4) is 5.75 Å². The number of phenols is 1. The second kappa shape index (κ2) is 11.5. The van der Waals surface area contributed by atoms with Crippen LogP contribution in [0, 0.1) is 46.8 Å². The number of benzene rings is 3. The fourth-order valence-corrected chi connectivity index (χ4v) is 8.95. The zero-order chi connectivity index (χ0) is 36.4. The van der Waals surface area contributed by atoms with Crippen LogP contribution in [-0.2, 0) is 19.2 Å². The SMILES string of the molecule is O=C1C2CC=C3C(CC4(Cl)C(=O)N(c5c(F)c(F)c(F)c(F)c5F)C(=O)C4(Cl)C3c3ccc(O)cc3Cl)C2C(=O)N1c1cccc(B(O)O)c1. The summed E-state index contributed by atoms with van der Waals surface area (Å²) in [5.41, 5.74) is -1.86. The van der Waals surface area contributed by atoms with E-state index in [4.69, 9.17) is 34.8 Å². The maximum absolute atomic E-state index is 15.2.